The molecule has 4 heteroatoms. The van der Waals surface area contributed by atoms with Crippen molar-refractivity contribution in [3.63, 3.8) is 0 Å². The Kier molecular flexibility index (Phi) is 15.0. The second kappa shape index (κ2) is 23.2. The van der Waals surface area contributed by atoms with Crippen LogP contribution >= 0.6 is 0 Å². The van der Waals surface area contributed by atoms with Crippen molar-refractivity contribution in [1.82, 2.24) is 0 Å². The molecule has 2 unspecified atom stereocenters. The van der Waals surface area contributed by atoms with Crippen LogP contribution in [0.3, 0.4) is 0 Å². The Morgan fingerprint density at radius 3 is 1.07 bits per heavy atom. The molecule has 16 rings (SSSR count). The fraction of sp³-hybridized carbons (Fsp3) is 0.250. The molecule has 14 aromatic rings. The van der Waals surface area contributed by atoms with Crippen molar-refractivity contribution in [1.29, 1.82) is 0 Å². The van der Waals surface area contributed by atoms with E-state index in [0.717, 1.165) is 95.5 Å². The summed E-state index contributed by atoms with van der Waals surface area (Å²) < 4.78 is 15.2. The van der Waals surface area contributed by atoms with Gasteiger partial charge in [0.15, 0.2) is 5.58 Å². The smallest absolute Gasteiger partial charge is 0.160 e. The van der Waals surface area contributed by atoms with E-state index in [1.54, 1.807) is 0 Å². The van der Waals surface area contributed by atoms with Crippen LogP contribution in [0, 0.1) is 0 Å². The highest BCUT2D eigenvalue weighted by molar-refractivity contribution is 6.25. The molecule has 12 aromatic carbocycles. The Balaban J connectivity index is 1.06. The van der Waals surface area contributed by atoms with Gasteiger partial charge in [0.05, 0.1) is 11.1 Å². The zero-order chi connectivity index (χ0) is 69.6. The quantitative estimate of drug-likeness (QED) is 0.129. The Hall–Kier alpha value is -10.2. The van der Waals surface area contributed by atoms with Gasteiger partial charge in [-0.2, -0.15) is 0 Å². The lowest BCUT2D eigenvalue weighted by molar-refractivity contribution is 0.589. The summed E-state index contributed by atoms with van der Waals surface area (Å²) in [7, 11) is 0. The van der Waals surface area contributed by atoms with E-state index in [1.807, 2.05) is 0 Å². The summed E-state index contributed by atoms with van der Waals surface area (Å²) >= 11 is 0. The highest BCUT2D eigenvalue weighted by atomic mass is 16.3. The normalized spacial score (nSPS) is 17.1. The molecule has 100 heavy (non-hydrogen) atoms. The molecule has 4 nitrogen and oxygen atoms in total. The molecular weight excluding hydrogens is 1210 g/mol. The van der Waals surface area contributed by atoms with Gasteiger partial charge in [0.25, 0.3) is 0 Å². The van der Waals surface area contributed by atoms with Crippen molar-refractivity contribution in [3.05, 3.63) is 334 Å². The van der Waals surface area contributed by atoms with Gasteiger partial charge in [-0.1, -0.05) is 286 Å². The van der Waals surface area contributed by atoms with Gasteiger partial charge in [0.2, 0.25) is 0 Å². The van der Waals surface area contributed by atoms with E-state index in [-0.39, 0.29) is 38.4 Å². The predicted molar refractivity (Wildman–Crippen MR) is 422 cm³/mol. The summed E-state index contributed by atoms with van der Waals surface area (Å²) in [5, 5.41) is 4.36. The number of para-hydroxylation sites is 3. The summed E-state index contributed by atoms with van der Waals surface area (Å²) in [4.78, 5) is 4.89. The highest BCUT2D eigenvalue weighted by Crippen LogP contribution is 2.69. The van der Waals surface area contributed by atoms with Gasteiger partial charge in [0, 0.05) is 66.9 Å². The largest absolute Gasteiger partial charge is 0.456 e. The summed E-state index contributed by atoms with van der Waals surface area (Å²) in [6.45, 7) is 34.5. The molecule has 0 spiro atoms. The standard InChI is InChI=1S/C96H92N2O2/c1-90(2,3)61-34-38-67(39-35-61)95(66-26-18-16-19-27-66)60-80(95)77-58-78-86(84-75-30-22-24-32-82(75)99-88(77)84)87-79(59-81(89-85(87)76-31-23-25-33-83(76)100-89)98(70-28-20-17-21-29-70)74-54-46-65(47-55-74)94(13,14)15)96(78,68-40-36-62(37-41-68)91(4,5)6)69-48-56-73(57-49-69)97(71-50-42-63(43-51-71)92(7,8)9)72-52-44-64(45-53-72)93(10,11)12/h16-59,80H,60H2,1-15H3/t80?,95-,96?/m0/s1. The minimum absolute atomic E-state index is 0.00225. The number of benzene rings is 12. The lowest BCUT2D eigenvalue weighted by Crippen LogP contribution is -2.29. The van der Waals surface area contributed by atoms with E-state index < -0.39 is 5.41 Å². The van der Waals surface area contributed by atoms with Crippen LogP contribution in [0.2, 0.25) is 0 Å². The maximum absolute atomic E-state index is 7.62. The van der Waals surface area contributed by atoms with Crippen molar-refractivity contribution in [2.75, 3.05) is 9.80 Å². The minimum atomic E-state index is -0.965. The zero-order valence-electron chi connectivity index (χ0n) is 60.9. The number of fused-ring (bicyclic) bond motifs is 11. The number of nitrogens with zero attached hydrogens (tertiary/aromatic N) is 2. The van der Waals surface area contributed by atoms with E-state index in [2.05, 4.69) is 381 Å². The average molecular weight is 1310 g/mol. The first-order valence-corrected chi connectivity index (χ1v) is 36.1. The number of hydrogen-bond donors (Lipinski definition) is 0. The number of furan rings is 2. The Morgan fingerprint density at radius 2 is 0.630 bits per heavy atom. The molecule has 1 fully saturated rings. The molecule has 0 aliphatic heterocycles. The van der Waals surface area contributed by atoms with Crippen LogP contribution < -0.4 is 9.80 Å². The van der Waals surface area contributed by atoms with Crippen LogP contribution in [0.4, 0.5) is 34.1 Å². The molecule has 2 heterocycles. The molecule has 1 saturated carbocycles. The molecule has 0 radical (unpaired) electrons. The Bertz CT molecular complexity index is 5350. The fourth-order valence-corrected chi connectivity index (χ4v) is 16.6. The van der Waals surface area contributed by atoms with Crippen LogP contribution in [0.25, 0.3) is 55.0 Å². The summed E-state index contributed by atoms with van der Waals surface area (Å²) in [5.41, 5.74) is 25.7. The van der Waals surface area contributed by atoms with Crippen LogP contribution in [-0.4, -0.2) is 0 Å². The number of hydrogen-bond acceptors (Lipinski definition) is 4. The van der Waals surface area contributed by atoms with Gasteiger partial charge in [-0.25, -0.2) is 0 Å². The van der Waals surface area contributed by atoms with Gasteiger partial charge < -0.3 is 18.6 Å². The second-order valence-electron chi connectivity index (χ2n) is 33.8. The molecule has 498 valence electrons. The molecule has 2 aromatic heterocycles. The lowest BCUT2D eigenvalue weighted by Gasteiger charge is -2.36. The van der Waals surface area contributed by atoms with Gasteiger partial charge in [-0.3, -0.25) is 0 Å². The van der Waals surface area contributed by atoms with E-state index >= 15 is 0 Å². The van der Waals surface area contributed by atoms with E-state index in [0.29, 0.717) is 0 Å². The van der Waals surface area contributed by atoms with Crippen LogP contribution in [0.5, 0.6) is 0 Å². The third-order valence-electron chi connectivity index (χ3n) is 22.2. The first kappa shape index (κ1) is 64.5. The van der Waals surface area contributed by atoms with Gasteiger partial charge >= 0.3 is 0 Å². The number of rotatable bonds is 11. The zero-order valence-corrected chi connectivity index (χ0v) is 60.9. The van der Waals surface area contributed by atoms with Gasteiger partial charge in [-0.05, 0) is 191 Å². The first-order valence-electron chi connectivity index (χ1n) is 36.1. The molecule has 0 bridgehead atoms. The predicted octanol–water partition coefficient (Wildman–Crippen LogP) is 26.7. The average Bonchev–Trinajstić information content (AvgIpc) is 1.49. The van der Waals surface area contributed by atoms with E-state index in [4.69, 9.17) is 8.83 Å². The third kappa shape index (κ3) is 10.5. The van der Waals surface area contributed by atoms with Gasteiger partial charge in [0.1, 0.15) is 16.7 Å². The maximum atomic E-state index is 7.62. The van der Waals surface area contributed by atoms with Crippen LogP contribution in [-0.2, 0) is 37.9 Å². The Morgan fingerprint density at radius 1 is 0.310 bits per heavy atom. The third-order valence-corrected chi connectivity index (χ3v) is 22.2. The summed E-state index contributed by atoms with van der Waals surface area (Å²) in [5.74, 6) is 0.0497. The molecule has 0 N–H and O–H groups in total. The van der Waals surface area contributed by atoms with E-state index in [9.17, 15) is 0 Å². The molecule has 2 aliphatic rings. The molecule has 0 saturated heterocycles. The topological polar surface area (TPSA) is 32.8 Å². The van der Waals surface area contributed by atoms with Crippen molar-refractivity contribution < 1.29 is 8.83 Å². The first-order chi connectivity index (χ1) is 47.7. The van der Waals surface area contributed by atoms with Crippen LogP contribution in [0.1, 0.15) is 183 Å². The summed E-state index contributed by atoms with van der Waals surface area (Å²) in [6.07, 6.45) is 0.913. The SMILES string of the molecule is CC(C)(C)c1ccc(N(c2ccc(C(C)(C)C)cc2)c2ccc(C3(c4ccc(C(C)(C)C)cc4)c4cc(C5C[C@]5(c5ccccc5)c5ccc(C(C)(C)C)cc5)c5oc6ccccc6c5c4-c4c3cc(N(c3ccccc3)c3ccc(C(C)(C)C)cc3)c3oc5ccccc5c43)cc2)cc1. The second-order valence-corrected chi connectivity index (χ2v) is 33.8. The number of anilines is 6. The van der Waals surface area contributed by atoms with Crippen LogP contribution in [0.15, 0.2) is 276 Å². The lowest BCUT2D eigenvalue weighted by atomic mass is 9.66. The maximum Gasteiger partial charge on any atom is 0.160 e. The molecular formula is C96H92N2O2. The van der Waals surface area contributed by atoms with Crippen molar-refractivity contribution in [3.8, 4) is 11.1 Å². The molecule has 2 aliphatic carbocycles. The monoisotopic (exact) mass is 1300 g/mol. The van der Waals surface area contributed by atoms with Crippen molar-refractivity contribution in [2.45, 2.75) is 154 Å². The van der Waals surface area contributed by atoms with Crippen molar-refractivity contribution in [2.24, 2.45) is 0 Å². The fourth-order valence-electron chi connectivity index (χ4n) is 16.6. The summed E-state index contributed by atoms with van der Waals surface area (Å²) in [6, 6.07) is 102. The highest BCUT2D eigenvalue weighted by Gasteiger charge is 2.59. The minimum Gasteiger partial charge on any atom is -0.456 e. The molecule has 3 atom stereocenters. The van der Waals surface area contributed by atoms with Gasteiger partial charge in [-0.15, -0.1) is 0 Å². The Labute approximate surface area is 592 Å². The van der Waals surface area contributed by atoms with E-state index in [1.165, 1.54) is 66.8 Å². The van der Waals surface area contributed by atoms with Crippen molar-refractivity contribution >= 4 is 78.0 Å². The molecule has 0 amide bonds.